The van der Waals surface area contributed by atoms with Gasteiger partial charge >= 0.3 is 0 Å². The van der Waals surface area contributed by atoms with E-state index >= 15 is 0 Å². The van der Waals surface area contributed by atoms with Crippen LogP contribution < -0.4 is 16.0 Å². The third-order valence-electron chi connectivity index (χ3n) is 3.82. The van der Waals surface area contributed by atoms with Crippen molar-refractivity contribution < 1.29 is 9.59 Å². The monoisotopic (exact) mass is 323 g/mol. The van der Waals surface area contributed by atoms with Gasteiger partial charge in [-0.25, -0.2) is 0 Å². The smallest absolute Gasteiger partial charge is 0.243 e. The molecule has 1 aliphatic heterocycles. The summed E-state index contributed by atoms with van der Waals surface area (Å²) in [5.41, 5.74) is 1.58. The van der Waals surface area contributed by atoms with E-state index in [1.807, 2.05) is 13.0 Å². The van der Waals surface area contributed by atoms with Gasteiger partial charge in [-0.05, 0) is 50.9 Å². The van der Waals surface area contributed by atoms with Gasteiger partial charge in [0.05, 0.1) is 17.3 Å². The Labute approximate surface area is 135 Å². The first kappa shape index (κ1) is 16.8. The molecule has 22 heavy (non-hydrogen) atoms. The Balaban J connectivity index is 1.81. The number of halogens is 1. The van der Waals surface area contributed by atoms with Crippen molar-refractivity contribution in [3.05, 3.63) is 28.8 Å². The van der Waals surface area contributed by atoms with Gasteiger partial charge in [0, 0.05) is 12.0 Å². The highest BCUT2D eigenvalue weighted by atomic mass is 35.5. The second-order valence-electron chi connectivity index (χ2n) is 5.83. The first-order valence-electron chi connectivity index (χ1n) is 7.53. The molecular formula is C16H22ClN3O2. The van der Waals surface area contributed by atoms with Gasteiger partial charge < -0.3 is 16.0 Å². The molecule has 2 rings (SSSR count). The summed E-state index contributed by atoms with van der Waals surface area (Å²) in [4.78, 5) is 24.0. The largest absolute Gasteiger partial charge is 0.347 e. The summed E-state index contributed by atoms with van der Waals surface area (Å²) in [6.07, 6.45) is 1.61. The number of anilines is 1. The second-order valence-corrected chi connectivity index (χ2v) is 6.23. The fraction of sp³-hybridized carbons (Fsp3) is 0.500. The van der Waals surface area contributed by atoms with Crippen LogP contribution in [0.3, 0.4) is 0 Å². The molecule has 0 aliphatic carbocycles. The molecule has 5 nitrogen and oxygen atoms in total. The number of benzene rings is 1. The molecule has 3 N–H and O–H groups in total. The summed E-state index contributed by atoms with van der Waals surface area (Å²) in [5, 5.41) is 9.20. The molecule has 1 aromatic carbocycles. The standard InChI is InChI=1S/C16H22ClN3O2/c1-10-3-4-14(13(17)7-10)20-15(21)9-19-16(22)12-5-6-18-11(2)8-12/h3-4,7,11-12,18H,5-6,8-9H2,1-2H3,(H,19,22)(H,20,21)/t11-,12-/m0/s1. The summed E-state index contributed by atoms with van der Waals surface area (Å²) < 4.78 is 0. The molecule has 6 heteroatoms. The normalized spacial score (nSPS) is 21.2. The fourth-order valence-electron chi connectivity index (χ4n) is 2.60. The van der Waals surface area contributed by atoms with Gasteiger partial charge in [0.15, 0.2) is 0 Å². The van der Waals surface area contributed by atoms with Crippen LogP contribution in [0.5, 0.6) is 0 Å². The van der Waals surface area contributed by atoms with Crippen LogP contribution in [0.15, 0.2) is 18.2 Å². The lowest BCUT2D eigenvalue weighted by atomic mass is 9.92. The topological polar surface area (TPSA) is 70.2 Å². The Morgan fingerprint density at radius 2 is 2.18 bits per heavy atom. The highest BCUT2D eigenvalue weighted by molar-refractivity contribution is 6.33. The summed E-state index contributed by atoms with van der Waals surface area (Å²) in [6, 6.07) is 5.75. The predicted molar refractivity (Wildman–Crippen MR) is 88.0 cm³/mol. The third kappa shape index (κ3) is 4.71. The maximum Gasteiger partial charge on any atom is 0.243 e. The lowest BCUT2D eigenvalue weighted by molar-refractivity contribution is -0.128. The highest BCUT2D eigenvalue weighted by Crippen LogP contribution is 2.22. The minimum Gasteiger partial charge on any atom is -0.347 e. The molecular weight excluding hydrogens is 302 g/mol. The van der Waals surface area contributed by atoms with Gasteiger partial charge in [0.2, 0.25) is 11.8 Å². The SMILES string of the molecule is Cc1ccc(NC(=O)CNC(=O)[C@H]2CCN[C@@H](C)C2)c(Cl)c1. The molecule has 0 bridgehead atoms. The molecule has 1 fully saturated rings. The maximum absolute atomic E-state index is 12.1. The van der Waals surface area contributed by atoms with Gasteiger partial charge in [-0.2, -0.15) is 0 Å². The third-order valence-corrected chi connectivity index (χ3v) is 4.13. The number of amides is 2. The van der Waals surface area contributed by atoms with Crippen LogP contribution in [-0.2, 0) is 9.59 Å². The number of piperidine rings is 1. The van der Waals surface area contributed by atoms with Crippen LogP contribution in [0.1, 0.15) is 25.3 Å². The zero-order chi connectivity index (χ0) is 16.1. The molecule has 0 unspecified atom stereocenters. The second kappa shape index (κ2) is 7.61. The van der Waals surface area contributed by atoms with Crippen LogP contribution in [0.4, 0.5) is 5.69 Å². The summed E-state index contributed by atoms with van der Waals surface area (Å²) in [6.45, 7) is 4.79. The molecule has 0 radical (unpaired) electrons. The van der Waals surface area contributed by atoms with E-state index in [1.165, 1.54) is 0 Å². The van der Waals surface area contributed by atoms with Crippen LogP contribution in [0, 0.1) is 12.8 Å². The molecule has 1 saturated heterocycles. The van der Waals surface area contributed by atoms with Gasteiger partial charge in [-0.3, -0.25) is 9.59 Å². The van der Waals surface area contributed by atoms with Crippen molar-refractivity contribution in [2.24, 2.45) is 5.92 Å². The molecule has 1 aromatic rings. The number of hydrogen-bond acceptors (Lipinski definition) is 3. The lowest BCUT2D eigenvalue weighted by Crippen LogP contribution is -2.44. The first-order valence-corrected chi connectivity index (χ1v) is 7.90. The van der Waals surface area contributed by atoms with Crippen LogP contribution in [0.2, 0.25) is 5.02 Å². The molecule has 120 valence electrons. The van der Waals surface area contributed by atoms with E-state index in [1.54, 1.807) is 12.1 Å². The Morgan fingerprint density at radius 3 is 2.86 bits per heavy atom. The molecule has 1 heterocycles. The maximum atomic E-state index is 12.1. The Hall–Kier alpha value is -1.59. The fourth-order valence-corrected chi connectivity index (χ4v) is 2.88. The van der Waals surface area contributed by atoms with Crippen LogP contribution in [-0.4, -0.2) is 30.9 Å². The van der Waals surface area contributed by atoms with E-state index in [0.29, 0.717) is 16.8 Å². The average Bonchev–Trinajstić information content (AvgIpc) is 2.47. The van der Waals surface area contributed by atoms with E-state index in [-0.39, 0.29) is 24.3 Å². The summed E-state index contributed by atoms with van der Waals surface area (Å²) in [5.74, 6) is -0.355. The summed E-state index contributed by atoms with van der Waals surface area (Å²) in [7, 11) is 0. The zero-order valence-corrected chi connectivity index (χ0v) is 13.7. The van der Waals surface area contributed by atoms with Crippen molar-refractivity contribution in [1.82, 2.24) is 10.6 Å². The van der Waals surface area contributed by atoms with Gasteiger partial charge in [-0.15, -0.1) is 0 Å². The number of hydrogen-bond donors (Lipinski definition) is 3. The van der Waals surface area contributed by atoms with Crippen molar-refractivity contribution in [2.45, 2.75) is 32.7 Å². The van der Waals surface area contributed by atoms with Gasteiger partial charge in [-0.1, -0.05) is 17.7 Å². The minimum atomic E-state index is -0.277. The number of carbonyl (C=O) groups is 2. The Kier molecular flexibility index (Phi) is 5.80. The van der Waals surface area contributed by atoms with Crippen molar-refractivity contribution in [1.29, 1.82) is 0 Å². The molecule has 2 atom stereocenters. The van der Waals surface area contributed by atoms with E-state index in [9.17, 15) is 9.59 Å². The van der Waals surface area contributed by atoms with Crippen LogP contribution >= 0.6 is 11.6 Å². The highest BCUT2D eigenvalue weighted by Gasteiger charge is 2.24. The lowest BCUT2D eigenvalue weighted by Gasteiger charge is -2.27. The van der Waals surface area contributed by atoms with Crippen molar-refractivity contribution in [3.63, 3.8) is 0 Å². The van der Waals surface area contributed by atoms with E-state index in [2.05, 4.69) is 22.9 Å². The number of carbonyl (C=O) groups excluding carboxylic acids is 2. The van der Waals surface area contributed by atoms with Gasteiger partial charge in [0.1, 0.15) is 0 Å². The van der Waals surface area contributed by atoms with E-state index in [0.717, 1.165) is 24.9 Å². The van der Waals surface area contributed by atoms with Crippen molar-refractivity contribution >= 4 is 29.1 Å². The van der Waals surface area contributed by atoms with E-state index < -0.39 is 0 Å². The molecule has 0 saturated carbocycles. The Morgan fingerprint density at radius 1 is 1.41 bits per heavy atom. The first-order chi connectivity index (χ1) is 10.5. The quantitative estimate of drug-likeness (QED) is 0.794. The zero-order valence-electron chi connectivity index (χ0n) is 12.9. The average molecular weight is 324 g/mol. The number of aryl methyl sites for hydroxylation is 1. The Bertz CT molecular complexity index is 562. The van der Waals surface area contributed by atoms with Crippen molar-refractivity contribution in [2.75, 3.05) is 18.4 Å². The molecule has 1 aliphatic rings. The number of nitrogens with one attached hydrogen (secondary N) is 3. The molecule has 0 spiro atoms. The van der Waals surface area contributed by atoms with Gasteiger partial charge in [0.25, 0.3) is 0 Å². The number of rotatable bonds is 4. The molecule has 2 amide bonds. The van der Waals surface area contributed by atoms with E-state index in [4.69, 9.17) is 11.6 Å². The van der Waals surface area contributed by atoms with Crippen LogP contribution in [0.25, 0.3) is 0 Å². The predicted octanol–water partition coefficient (Wildman–Crippen LogP) is 2.09. The summed E-state index contributed by atoms with van der Waals surface area (Å²) >= 11 is 6.07. The molecule has 0 aromatic heterocycles. The van der Waals surface area contributed by atoms with Crippen molar-refractivity contribution in [3.8, 4) is 0 Å². The minimum absolute atomic E-state index is 0.0213.